The van der Waals surface area contributed by atoms with E-state index in [-0.39, 0.29) is 11.0 Å². The summed E-state index contributed by atoms with van der Waals surface area (Å²) in [6.45, 7) is 2.99. The molecule has 0 aliphatic carbocycles. The van der Waals surface area contributed by atoms with Crippen molar-refractivity contribution in [3.63, 3.8) is 0 Å². The van der Waals surface area contributed by atoms with Crippen LogP contribution in [0, 0.1) is 5.92 Å². The Hall–Kier alpha value is -0.140. The number of nitrogens with zero attached hydrogens (tertiary/aromatic N) is 1. The van der Waals surface area contributed by atoms with Crippen molar-refractivity contribution in [1.82, 2.24) is 4.31 Å². The molecular formula is C13H17BrClNO3S. The summed E-state index contributed by atoms with van der Waals surface area (Å²) < 4.78 is 32.7. The molecule has 20 heavy (non-hydrogen) atoms. The number of benzene rings is 1. The summed E-state index contributed by atoms with van der Waals surface area (Å²) in [6, 6.07) is 4.65. The topological polar surface area (TPSA) is 46.6 Å². The smallest absolute Gasteiger partial charge is 0.243 e. The monoisotopic (exact) mass is 381 g/mol. The number of methoxy groups -OCH3 is 1. The van der Waals surface area contributed by atoms with Gasteiger partial charge in [-0.15, -0.1) is 0 Å². The number of hydrogen-bond donors (Lipinski definition) is 0. The molecule has 4 nitrogen and oxygen atoms in total. The van der Waals surface area contributed by atoms with Crippen LogP contribution in [0.2, 0.25) is 5.02 Å². The minimum atomic E-state index is -3.50. The summed E-state index contributed by atoms with van der Waals surface area (Å²) in [7, 11) is -1.88. The third kappa shape index (κ3) is 3.20. The van der Waals surface area contributed by atoms with Crippen LogP contribution in [0.4, 0.5) is 0 Å². The molecule has 0 bridgehead atoms. The number of rotatable bonds is 3. The van der Waals surface area contributed by atoms with Crippen LogP contribution < -0.4 is 0 Å². The molecule has 1 aliphatic heterocycles. The predicted octanol–water partition coefficient (Wildman–Crippen LogP) is 3.15. The Balaban J connectivity index is 2.28. The zero-order chi connectivity index (χ0) is 14.9. The van der Waals surface area contributed by atoms with E-state index in [0.717, 1.165) is 6.42 Å². The van der Waals surface area contributed by atoms with Crippen molar-refractivity contribution in [1.29, 1.82) is 0 Å². The number of ether oxygens (including phenoxy) is 1. The molecule has 0 aromatic heterocycles. The highest BCUT2D eigenvalue weighted by Gasteiger charge is 2.33. The van der Waals surface area contributed by atoms with Crippen molar-refractivity contribution in [2.24, 2.45) is 5.92 Å². The molecule has 0 spiro atoms. The van der Waals surface area contributed by atoms with E-state index in [1.54, 1.807) is 13.2 Å². The largest absolute Gasteiger partial charge is 0.380 e. The van der Waals surface area contributed by atoms with E-state index >= 15 is 0 Å². The first-order chi connectivity index (χ1) is 9.36. The Bertz CT molecular complexity index is 593. The fourth-order valence-corrected chi connectivity index (χ4v) is 4.46. The lowest BCUT2D eigenvalue weighted by Crippen LogP contribution is -2.46. The zero-order valence-electron chi connectivity index (χ0n) is 11.3. The normalized spacial score (nSPS) is 24.8. The highest BCUT2D eigenvalue weighted by atomic mass is 79.9. The first-order valence-electron chi connectivity index (χ1n) is 6.34. The molecule has 0 saturated carbocycles. The SMILES string of the molecule is COC1CN(S(=O)(=O)c2ccc(Cl)c(Br)c2)CCC1C. The molecule has 2 atom stereocenters. The summed E-state index contributed by atoms with van der Waals surface area (Å²) in [5.74, 6) is 0.364. The quantitative estimate of drug-likeness (QED) is 0.807. The number of halogens is 2. The van der Waals surface area contributed by atoms with Gasteiger partial charge in [-0.2, -0.15) is 4.31 Å². The van der Waals surface area contributed by atoms with E-state index in [4.69, 9.17) is 16.3 Å². The highest BCUT2D eigenvalue weighted by molar-refractivity contribution is 9.10. The maximum Gasteiger partial charge on any atom is 0.243 e. The summed E-state index contributed by atoms with van der Waals surface area (Å²) in [5.41, 5.74) is 0. The Morgan fingerprint density at radius 3 is 2.75 bits per heavy atom. The minimum Gasteiger partial charge on any atom is -0.380 e. The predicted molar refractivity (Wildman–Crippen MR) is 82.5 cm³/mol. The van der Waals surface area contributed by atoms with Gasteiger partial charge in [0.05, 0.1) is 16.0 Å². The molecule has 7 heteroatoms. The van der Waals surface area contributed by atoms with E-state index in [1.165, 1.54) is 16.4 Å². The van der Waals surface area contributed by atoms with Crippen molar-refractivity contribution < 1.29 is 13.2 Å². The van der Waals surface area contributed by atoms with E-state index in [2.05, 4.69) is 22.9 Å². The molecule has 2 unspecified atom stereocenters. The summed E-state index contributed by atoms with van der Waals surface area (Å²) in [6.07, 6.45) is 0.737. The Morgan fingerprint density at radius 1 is 1.45 bits per heavy atom. The van der Waals surface area contributed by atoms with E-state index in [9.17, 15) is 8.42 Å². The van der Waals surface area contributed by atoms with Crippen LogP contribution >= 0.6 is 27.5 Å². The first-order valence-corrected chi connectivity index (χ1v) is 8.95. The van der Waals surface area contributed by atoms with Crippen LogP contribution in [-0.2, 0) is 14.8 Å². The summed E-state index contributed by atoms with van der Waals surface area (Å²) in [5, 5.41) is 0.492. The van der Waals surface area contributed by atoms with Gasteiger partial charge in [-0.25, -0.2) is 8.42 Å². The van der Waals surface area contributed by atoms with Gasteiger partial charge in [0.1, 0.15) is 0 Å². The van der Waals surface area contributed by atoms with Gasteiger partial charge < -0.3 is 4.74 Å². The maximum atomic E-state index is 12.6. The second-order valence-corrected chi connectivity index (χ2v) is 8.18. The van der Waals surface area contributed by atoms with Crippen molar-refractivity contribution in [3.05, 3.63) is 27.7 Å². The molecule has 1 saturated heterocycles. The molecular weight excluding hydrogens is 366 g/mol. The fraction of sp³-hybridized carbons (Fsp3) is 0.538. The lowest BCUT2D eigenvalue weighted by atomic mass is 9.97. The van der Waals surface area contributed by atoms with Crippen molar-refractivity contribution in [2.45, 2.75) is 24.3 Å². The van der Waals surface area contributed by atoms with Crippen molar-refractivity contribution >= 4 is 37.6 Å². The van der Waals surface area contributed by atoms with E-state index < -0.39 is 10.0 Å². The summed E-state index contributed by atoms with van der Waals surface area (Å²) in [4.78, 5) is 0.248. The van der Waals surface area contributed by atoms with Gasteiger partial charge >= 0.3 is 0 Å². The first kappa shape index (κ1) is 16.2. The Labute approximate surface area is 133 Å². The van der Waals surface area contributed by atoms with Crippen LogP contribution in [0.1, 0.15) is 13.3 Å². The van der Waals surface area contributed by atoms with Crippen LogP contribution in [-0.4, -0.2) is 39.0 Å². The molecule has 1 aromatic rings. The second kappa shape index (κ2) is 6.32. The van der Waals surface area contributed by atoms with E-state index in [0.29, 0.717) is 28.5 Å². The highest BCUT2D eigenvalue weighted by Crippen LogP contribution is 2.29. The van der Waals surface area contributed by atoms with E-state index in [1.807, 2.05) is 0 Å². The molecule has 1 aromatic carbocycles. The molecule has 1 heterocycles. The Morgan fingerprint density at radius 2 is 2.15 bits per heavy atom. The van der Waals surface area contributed by atoms with Gasteiger partial charge in [0.15, 0.2) is 0 Å². The van der Waals surface area contributed by atoms with Gasteiger partial charge in [0.25, 0.3) is 0 Å². The van der Waals surface area contributed by atoms with Crippen LogP contribution in [0.25, 0.3) is 0 Å². The average molecular weight is 383 g/mol. The lowest BCUT2D eigenvalue weighted by molar-refractivity contribution is 0.0184. The standard InChI is InChI=1S/C13H17BrClNO3S/c1-9-5-6-16(8-13(9)19-2)20(17,18)10-3-4-12(15)11(14)7-10/h3-4,7,9,13H,5-6,8H2,1-2H3. The molecule has 2 rings (SSSR count). The molecule has 0 radical (unpaired) electrons. The van der Waals surface area contributed by atoms with Gasteiger partial charge in [-0.1, -0.05) is 18.5 Å². The third-order valence-electron chi connectivity index (χ3n) is 3.68. The molecule has 0 amide bonds. The lowest BCUT2D eigenvalue weighted by Gasteiger charge is -2.35. The zero-order valence-corrected chi connectivity index (χ0v) is 14.5. The van der Waals surface area contributed by atoms with Gasteiger partial charge in [-0.3, -0.25) is 0 Å². The van der Waals surface area contributed by atoms with Gasteiger partial charge in [0.2, 0.25) is 10.0 Å². The third-order valence-corrected chi connectivity index (χ3v) is 6.76. The van der Waals surface area contributed by atoms with Crippen molar-refractivity contribution in [2.75, 3.05) is 20.2 Å². The van der Waals surface area contributed by atoms with Crippen LogP contribution in [0.15, 0.2) is 27.6 Å². The fourth-order valence-electron chi connectivity index (χ4n) is 2.32. The molecule has 1 aliphatic rings. The van der Waals surface area contributed by atoms with Crippen LogP contribution in [0.3, 0.4) is 0 Å². The summed E-state index contributed by atoms with van der Waals surface area (Å²) >= 11 is 9.16. The van der Waals surface area contributed by atoms with Gasteiger partial charge in [0, 0.05) is 24.7 Å². The number of hydrogen-bond acceptors (Lipinski definition) is 3. The maximum absolute atomic E-state index is 12.6. The van der Waals surface area contributed by atoms with Gasteiger partial charge in [-0.05, 0) is 46.5 Å². The Kier molecular flexibility index (Phi) is 5.13. The molecule has 1 fully saturated rings. The number of sulfonamides is 1. The number of piperidine rings is 1. The molecule has 0 N–H and O–H groups in total. The minimum absolute atomic E-state index is 0.0609. The molecule has 112 valence electrons. The average Bonchev–Trinajstić information content (AvgIpc) is 2.42. The van der Waals surface area contributed by atoms with Crippen molar-refractivity contribution in [3.8, 4) is 0 Å². The second-order valence-electron chi connectivity index (χ2n) is 4.98. The van der Waals surface area contributed by atoms with Crippen LogP contribution in [0.5, 0.6) is 0 Å².